The quantitative estimate of drug-likeness (QED) is 0.256. The van der Waals surface area contributed by atoms with Crippen LogP contribution in [0.5, 0.6) is 0 Å². The molecule has 0 heterocycles. The van der Waals surface area contributed by atoms with Crippen molar-refractivity contribution < 1.29 is 4.53 Å². The third-order valence-corrected chi connectivity index (χ3v) is 10.6. The minimum Gasteiger partial charge on any atom is -0.345 e. The van der Waals surface area contributed by atoms with E-state index in [1.54, 1.807) is 0 Å². The smallest absolute Gasteiger partial charge is 0.219 e. The lowest BCUT2D eigenvalue weighted by molar-refractivity contribution is 0.0907. The van der Waals surface area contributed by atoms with Gasteiger partial charge in [0.2, 0.25) is 8.32 Å². The number of nitrogens with one attached hydrogen (secondary N) is 1. The van der Waals surface area contributed by atoms with Crippen molar-refractivity contribution in [1.29, 1.82) is 0 Å². The van der Waals surface area contributed by atoms with Crippen LogP contribution in [-0.2, 0) is 17.6 Å². The minimum atomic E-state index is -1.86. The monoisotopic (exact) mass is 424 g/mol. The van der Waals surface area contributed by atoms with Gasteiger partial charge in [0.25, 0.3) is 0 Å². The van der Waals surface area contributed by atoms with E-state index in [4.69, 9.17) is 4.53 Å². The van der Waals surface area contributed by atoms with E-state index in [1.165, 1.54) is 11.1 Å². The zero-order valence-corrected chi connectivity index (χ0v) is 20.7. The maximum absolute atomic E-state index is 6.30. The van der Waals surface area contributed by atoms with Gasteiger partial charge in [-0.25, -0.2) is 5.48 Å². The van der Waals surface area contributed by atoms with Crippen LogP contribution in [0.2, 0.25) is 18.1 Å². The highest BCUT2D eigenvalue weighted by atomic mass is 28.4. The van der Waals surface area contributed by atoms with Gasteiger partial charge >= 0.3 is 0 Å². The second-order valence-electron chi connectivity index (χ2n) is 9.75. The average molecular weight is 425 g/mol. The zero-order valence-electron chi connectivity index (χ0n) is 19.7. The van der Waals surface area contributed by atoms with Gasteiger partial charge in [-0.3, -0.25) is 4.90 Å². The Balaban J connectivity index is 2.20. The minimum absolute atomic E-state index is 0.174. The van der Waals surface area contributed by atoms with Gasteiger partial charge in [-0.1, -0.05) is 94.4 Å². The summed E-state index contributed by atoms with van der Waals surface area (Å²) in [7, 11) is -1.86. The van der Waals surface area contributed by atoms with Crippen LogP contribution in [0.15, 0.2) is 73.3 Å². The van der Waals surface area contributed by atoms with E-state index in [2.05, 4.69) is 124 Å². The topological polar surface area (TPSA) is 24.5 Å². The Morgan fingerprint density at radius 3 is 1.83 bits per heavy atom. The molecule has 2 atom stereocenters. The molecule has 0 aliphatic carbocycles. The van der Waals surface area contributed by atoms with E-state index >= 15 is 0 Å². The largest absolute Gasteiger partial charge is 0.345 e. The Morgan fingerprint density at radius 2 is 1.43 bits per heavy atom. The summed E-state index contributed by atoms with van der Waals surface area (Å²) in [6.07, 6.45) is 2.06. The molecule has 0 saturated carbocycles. The molecule has 1 N–H and O–H groups in total. The number of hydrogen-bond acceptors (Lipinski definition) is 3. The molecule has 0 unspecified atom stereocenters. The normalized spacial score (nSPS) is 14.5. The Kier molecular flexibility index (Phi) is 9.04. The maximum Gasteiger partial charge on any atom is 0.219 e. The molecule has 0 spiro atoms. The highest BCUT2D eigenvalue weighted by molar-refractivity contribution is 6.74. The van der Waals surface area contributed by atoms with Gasteiger partial charge in [0.15, 0.2) is 0 Å². The van der Waals surface area contributed by atoms with Crippen LogP contribution < -0.4 is 5.48 Å². The van der Waals surface area contributed by atoms with Gasteiger partial charge in [-0.2, -0.15) is 0 Å². The molecule has 2 rings (SSSR count). The molecule has 0 bridgehead atoms. The van der Waals surface area contributed by atoms with Crippen molar-refractivity contribution >= 4 is 8.32 Å². The summed E-state index contributed by atoms with van der Waals surface area (Å²) in [6.45, 7) is 20.2. The molecule has 0 aliphatic rings. The Labute approximate surface area is 185 Å². The first kappa shape index (κ1) is 24.5. The number of nitrogens with zero attached hydrogens (tertiary/aromatic N) is 1. The summed E-state index contributed by atoms with van der Waals surface area (Å²) in [6, 6.07) is 21.7. The lowest BCUT2D eigenvalue weighted by Gasteiger charge is -2.38. The molecular weight excluding hydrogens is 384 g/mol. The van der Waals surface area contributed by atoms with Crippen molar-refractivity contribution in [1.82, 2.24) is 10.4 Å². The van der Waals surface area contributed by atoms with Gasteiger partial charge in [0, 0.05) is 25.7 Å². The van der Waals surface area contributed by atoms with E-state index < -0.39 is 8.32 Å². The summed E-state index contributed by atoms with van der Waals surface area (Å²) in [5, 5.41) is 0.174. The molecule has 2 aromatic carbocycles. The van der Waals surface area contributed by atoms with Gasteiger partial charge < -0.3 is 4.53 Å². The molecule has 30 heavy (non-hydrogen) atoms. The zero-order chi connectivity index (χ0) is 22.2. The number of hydrogen-bond donors (Lipinski definition) is 1. The van der Waals surface area contributed by atoms with E-state index in [0.29, 0.717) is 5.92 Å². The Bertz CT molecular complexity index is 714. The van der Waals surface area contributed by atoms with Crippen LogP contribution in [0.4, 0.5) is 0 Å². The lowest BCUT2D eigenvalue weighted by atomic mass is 9.99. The van der Waals surface area contributed by atoms with Crippen LogP contribution >= 0.6 is 0 Å². The summed E-state index contributed by atoms with van der Waals surface area (Å²) in [4.78, 5) is 2.54. The molecule has 0 aliphatic heterocycles. The van der Waals surface area contributed by atoms with Crippen LogP contribution in [0.25, 0.3) is 0 Å². The first-order valence-electron chi connectivity index (χ1n) is 11.0. The third-order valence-electron chi connectivity index (χ3n) is 6.33. The fraction of sp³-hybridized carbons (Fsp3) is 0.462. The predicted molar refractivity (Wildman–Crippen MR) is 132 cm³/mol. The highest BCUT2D eigenvalue weighted by Gasteiger charge is 2.38. The van der Waals surface area contributed by atoms with E-state index in [9.17, 15) is 0 Å². The van der Waals surface area contributed by atoms with Crippen LogP contribution in [0.1, 0.15) is 38.8 Å². The first-order chi connectivity index (χ1) is 14.1. The van der Waals surface area contributed by atoms with Crippen molar-refractivity contribution in [2.75, 3.05) is 6.54 Å². The van der Waals surface area contributed by atoms with Gasteiger partial charge in [-0.15, -0.1) is 6.58 Å². The number of benzene rings is 2. The molecule has 0 saturated heterocycles. The van der Waals surface area contributed by atoms with Crippen molar-refractivity contribution in [2.24, 2.45) is 5.92 Å². The van der Waals surface area contributed by atoms with Crippen LogP contribution in [0.3, 0.4) is 0 Å². The maximum atomic E-state index is 6.30. The fourth-order valence-corrected chi connectivity index (χ4v) is 3.94. The van der Waals surface area contributed by atoms with Crippen molar-refractivity contribution in [3.63, 3.8) is 0 Å². The SMILES string of the molecule is C=C[C@H](C)[C@@H](CNO[Si](C)(C)C(C)(C)C)N(Cc1ccccc1)Cc1ccccc1. The number of hydroxylamine groups is 1. The summed E-state index contributed by atoms with van der Waals surface area (Å²) in [5.41, 5.74) is 6.01. The molecule has 0 radical (unpaired) electrons. The summed E-state index contributed by atoms with van der Waals surface area (Å²) >= 11 is 0. The van der Waals surface area contributed by atoms with E-state index in [1.807, 2.05) is 0 Å². The second kappa shape index (κ2) is 11.1. The second-order valence-corrected chi connectivity index (χ2v) is 14.5. The van der Waals surface area contributed by atoms with Crippen molar-refractivity contribution in [2.45, 2.75) is 65.0 Å². The Hall–Kier alpha value is -1.72. The molecule has 3 nitrogen and oxygen atoms in total. The van der Waals surface area contributed by atoms with Gasteiger partial charge in [0.1, 0.15) is 0 Å². The first-order valence-corrected chi connectivity index (χ1v) is 13.9. The van der Waals surface area contributed by atoms with Crippen molar-refractivity contribution in [3.8, 4) is 0 Å². The highest BCUT2D eigenvalue weighted by Crippen LogP contribution is 2.35. The standard InChI is InChI=1S/C26H40N2OSi/c1-8-22(2)25(19-27-29-30(6,7)26(3,4)5)28(20-23-15-11-9-12-16-23)21-24-17-13-10-14-18-24/h8-18,22,25,27H,1,19-21H2,2-7H3/t22-,25+/m0/s1. The molecule has 2 aromatic rings. The summed E-state index contributed by atoms with van der Waals surface area (Å²) < 4.78 is 6.30. The predicted octanol–water partition coefficient (Wildman–Crippen LogP) is 6.41. The molecule has 0 amide bonds. The lowest BCUT2D eigenvalue weighted by Crippen LogP contribution is -2.50. The van der Waals surface area contributed by atoms with Crippen molar-refractivity contribution in [3.05, 3.63) is 84.4 Å². The van der Waals surface area contributed by atoms with Gasteiger partial charge in [-0.05, 0) is 35.2 Å². The molecule has 0 fully saturated rings. The molecule has 4 heteroatoms. The van der Waals surface area contributed by atoms with Gasteiger partial charge in [0.05, 0.1) is 0 Å². The van der Waals surface area contributed by atoms with E-state index in [-0.39, 0.29) is 11.1 Å². The van der Waals surface area contributed by atoms with Crippen LogP contribution in [-0.4, -0.2) is 25.8 Å². The Morgan fingerprint density at radius 1 is 0.967 bits per heavy atom. The summed E-state index contributed by atoms with van der Waals surface area (Å²) in [5.74, 6) is 0.327. The molecule has 0 aromatic heterocycles. The van der Waals surface area contributed by atoms with Crippen LogP contribution in [0, 0.1) is 5.92 Å². The molecular formula is C26H40N2OSi. The average Bonchev–Trinajstić information content (AvgIpc) is 2.71. The number of rotatable bonds is 11. The third kappa shape index (κ3) is 7.20. The molecule has 164 valence electrons. The van der Waals surface area contributed by atoms with E-state index in [0.717, 1.165) is 19.6 Å². The fourth-order valence-electron chi connectivity index (χ4n) is 3.19.